The van der Waals surface area contributed by atoms with Gasteiger partial charge < -0.3 is 0 Å². The molecule has 0 aromatic heterocycles. The minimum atomic E-state index is -3.94. The van der Waals surface area contributed by atoms with Gasteiger partial charge in [-0.2, -0.15) is 13.2 Å². The van der Waals surface area contributed by atoms with Gasteiger partial charge in [-0.15, -0.1) is 0 Å². The predicted octanol–water partition coefficient (Wildman–Crippen LogP) is 0.546. The summed E-state index contributed by atoms with van der Waals surface area (Å²) in [4.78, 5) is 0. The van der Waals surface area contributed by atoms with Crippen LogP contribution in [0, 0.1) is 5.92 Å². The van der Waals surface area contributed by atoms with Crippen LogP contribution in [0.1, 0.15) is 25.7 Å². The zero-order chi connectivity index (χ0) is 9.19. The van der Waals surface area contributed by atoms with E-state index in [0.717, 1.165) is 12.8 Å². The van der Waals surface area contributed by atoms with Gasteiger partial charge >= 0.3 is 23.4 Å². The molecule has 0 heterocycles. The SMILES string of the molecule is FC(F)(F)C1CCC([I+]I)CC1. The third kappa shape index (κ3) is 3.19. The van der Waals surface area contributed by atoms with Crippen molar-refractivity contribution in [3.8, 4) is 0 Å². The maximum Gasteiger partial charge on any atom is 0.391 e. The van der Waals surface area contributed by atoms with Crippen molar-refractivity contribution in [3.05, 3.63) is 0 Å². The summed E-state index contributed by atoms with van der Waals surface area (Å²) in [6.45, 7) is 0. The van der Waals surface area contributed by atoms with Gasteiger partial charge in [-0.3, -0.25) is 0 Å². The van der Waals surface area contributed by atoms with Gasteiger partial charge in [0.1, 0.15) is 0 Å². The Bertz CT molecular complexity index is 138. The lowest BCUT2D eigenvalue weighted by atomic mass is 9.89. The lowest BCUT2D eigenvalue weighted by molar-refractivity contribution is -0.483. The minimum Gasteiger partial charge on any atom is -0.171 e. The van der Waals surface area contributed by atoms with Crippen LogP contribution in [0.25, 0.3) is 0 Å². The molecule has 0 saturated heterocycles. The second kappa shape index (κ2) is 4.65. The van der Waals surface area contributed by atoms with Crippen molar-refractivity contribution in [2.45, 2.75) is 35.8 Å². The fourth-order valence-corrected chi connectivity index (χ4v) is 5.81. The van der Waals surface area contributed by atoms with E-state index in [1.807, 2.05) is 0 Å². The van der Waals surface area contributed by atoms with Crippen LogP contribution in [0.2, 0.25) is 0 Å². The van der Waals surface area contributed by atoms with E-state index in [-0.39, 0.29) is 17.2 Å². The van der Waals surface area contributed by atoms with E-state index in [0.29, 0.717) is 16.8 Å². The van der Waals surface area contributed by atoms with Gasteiger partial charge in [0.15, 0.2) is 3.92 Å². The molecule has 0 aromatic rings. The molecule has 0 nitrogen and oxygen atoms in total. The maximum absolute atomic E-state index is 12.2. The van der Waals surface area contributed by atoms with Crippen LogP contribution in [0.4, 0.5) is 13.2 Å². The highest BCUT2D eigenvalue weighted by atomic mass is 128. The monoisotopic (exact) mass is 405 g/mol. The highest BCUT2D eigenvalue weighted by Crippen LogP contribution is 2.36. The van der Waals surface area contributed by atoms with E-state index in [4.69, 9.17) is 0 Å². The quantitative estimate of drug-likeness (QED) is 0.442. The van der Waals surface area contributed by atoms with Crippen molar-refractivity contribution in [2.24, 2.45) is 5.92 Å². The van der Waals surface area contributed by atoms with Crippen molar-refractivity contribution in [1.82, 2.24) is 0 Å². The topological polar surface area (TPSA) is 0 Å². The first-order valence-corrected chi connectivity index (χ1v) is 11.4. The van der Waals surface area contributed by atoms with Crippen molar-refractivity contribution in [1.29, 1.82) is 0 Å². The molecule has 1 aliphatic carbocycles. The first kappa shape index (κ1) is 11.3. The molecule has 0 N–H and O–H groups in total. The van der Waals surface area contributed by atoms with Gasteiger partial charge in [-0.05, 0) is 25.7 Å². The third-order valence-corrected chi connectivity index (χ3v) is 8.61. The average molecular weight is 405 g/mol. The van der Waals surface area contributed by atoms with Gasteiger partial charge in [-0.25, -0.2) is 0 Å². The second-order valence-corrected chi connectivity index (χ2v) is 8.46. The Balaban J connectivity index is 2.36. The maximum atomic E-state index is 12.2. The summed E-state index contributed by atoms with van der Waals surface area (Å²) in [5.41, 5.74) is 0. The number of hydrogen-bond donors (Lipinski definition) is 0. The average Bonchev–Trinajstić information content (AvgIpc) is 2.03. The van der Waals surface area contributed by atoms with Gasteiger partial charge in [0.05, 0.1) is 5.92 Å². The number of hydrogen-bond acceptors (Lipinski definition) is 0. The molecule has 1 rings (SSSR count). The molecule has 12 heavy (non-hydrogen) atoms. The summed E-state index contributed by atoms with van der Waals surface area (Å²) in [5.74, 6) is -0.999. The van der Waals surface area contributed by atoms with Crippen LogP contribution in [-0.2, 0) is 0 Å². The number of rotatable bonds is 1. The molecule has 0 radical (unpaired) electrons. The Kier molecular flexibility index (Phi) is 4.39. The van der Waals surface area contributed by atoms with E-state index in [2.05, 4.69) is 18.6 Å². The van der Waals surface area contributed by atoms with Crippen molar-refractivity contribution in [2.75, 3.05) is 0 Å². The molecule has 0 amide bonds. The first-order valence-electron chi connectivity index (χ1n) is 3.85. The second-order valence-electron chi connectivity index (χ2n) is 3.07. The Morgan fingerprint density at radius 1 is 1.08 bits per heavy atom. The summed E-state index contributed by atoms with van der Waals surface area (Å²) in [7, 11) is 0. The van der Waals surface area contributed by atoms with Crippen LogP contribution in [-0.4, -0.2) is 10.1 Å². The summed E-state index contributed by atoms with van der Waals surface area (Å²) in [6.07, 6.45) is -1.58. The fourth-order valence-electron chi connectivity index (χ4n) is 1.46. The fraction of sp³-hybridized carbons (Fsp3) is 1.00. The van der Waals surface area contributed by atoms with E-state index in [1.165, 1.54) is 0 Å². The molecule has 0 aromatic carbocycles. The van der Waals surface area contributed by atoms with E-state index in [9.17, 15) is 13.2 Å². The van der Waals surface area contributed by atoms with Gasteiger partial charge in [0.2, 0.25) is 0 Å². The molecule has 0 aliphatic heterocycles. The Morgan fingerprint density at radius 3 is 1.92 bits per heavy atom. The molecule has 1 saturated carbocycles. The van der Waals surface area contributed by atoms with E-state index >= 15 is 0 Å². The highest BCUT2D eigenvalue weighted by Gasteiger charge is 2.43. The molecule has 0 atom stereocenters. The lowest BCUT2D eigenvalue weighted by Gasteiger charge is -2.24. The van der Waals surface area contributed by atoms with Crippen molar-refractivity contribution >= 4 is 18.6 Å². The summed E-state index contributed by atoms with van der Waals surface area (Å²) < 4.78 is 37.2. The van der Waals surface area contributed by atoms with Crippen LogP contribution in [0.5, 0.6) is 0 Å². The molecular weight excluding hydrogens is 395 g/mol. The number of halogens is 5. The van der Waals surface area contributed by atoms with E-state index in [1.54, 1.807) is 0 Å². The summed E-state index contributed by atoms with van der Waals surface area (Å²) in [5, 5.41) is 0. The molecule has 72 valence electrons. The molecular formula is C7H10F3I2+. The smallest absolute Gasteiger partial charge is 0.171 e. The molecule has 0 bridgehead atoms. The predicted molar refractivity (Wildman–Crippen MR) is 45.8 cm³/mol. The zero-order valence-corrected chi connectivity index (χ0v) is 10.7. The molecule has 1 aliphatic rings. The van der Waals surface area contributed by atoms with Gasteiger partial charge in [-0.1, -0.05) is 0 Å². The molecule has 1 fully saturated rings. The minimum absolute atomic E-state index is 0.133. The Morgan fingerprint density at radius 2 is 1.58 bits per heavy atom. The lowest BCUT2D eigenvalue weighted by Crippen LogP contribution is -3.58. The molecule has 0 unspecified atom stereocenters. The first-order chi connectivity index (χ1) is 5.54. The largest absolute Gasteiger partial charge is 0.391 e. The highest BCUT2D eigenvalue weighted by molar-refractivity contribution is 14.1. The number of alkyl halides is 4. The van der Waals surface area contributed by atoms with Gasteiger partial charge in [0, 0.05) is 0 Å². The van der Waals surface area contributed by atoms with Crippen LogP contribution in [0.15, 0.2) is 0 Å². The van der Waals surface area contributed by atoms with E-state index < -0.39 is 12.1 Å². The Hall–Kier alpha value is 1.25. The zero-order valence-electron chi connectivity index (χ0n) is 6.37. The van der Waals surface area contributed by atoms with Crippen molar-refractivity contribution in [3.63, 3.8) is 0 Å². The summed E-state index contributed by atoms with van der Waals surface area (Å²) in [6, 6.07) is 0. The summed E-state index contributed by atoms with van der Waals surface area (Å²) >= 11 is 2.50. The van der Waals surface area contributed by atoms with Gasteiger partial charge in [0.25, 0.3) is 18.6 Å². The van der Waals surface area contributed by atoms with Crippen molar-refractivity contribution < 1.29 is 30.4 Å². The molecule has 5 heteroatoms. The standard InChI is InChI=1S/C7H10F3I2/c8-7(9,10)5-1-3-6(12-11)4-2-5/h5-6H,1-4H2/q+1. The normalized spacial score (nSPS) is 32.0. The van der Waals surface area contributed by atoms with Crippen LogP contribution in [0.3, 0.4) is 0 Å². The molecule has 0 spiro atoms. The third-order valence-electron chi connectivity index (χ3n) is 2.24. The van der Waals surface area contributed by atoms with Crippen LogP contribution < -0.4 is 17.2 Å². The van der Waals surface area contributed by atoms with Crippen LogP contribution >= 0.6 is 18.6 Å². The Labute approximate surface area is 90.1 Å².